The number of hydrogen-bond acceptors (Lipinski definition) is 3. The molecule has 1 aromatic heterocycles. The average Bonchev–Trinajstić information content (AvgIpc) is 2.78. The highest BCUT2D eigenvalue weighted by Gasteiger charge is 2.19. The molecule has 6 heteroatoms. The lowest BCUT2D eigenvalue weighted by Crippen LogP contribution is -2.34. The molecule has 1 saturated heterocycles. The molecular formula is C13H14N4O2. The van der Waals surface area contributed by atoms with E-state index in [2.05, 4.69) is 15.5 Å². The number of nitrogens with zero attached hydrogens (tertiary/aromatic N) is 2. The summed E-state index contributed by atoms with van der Waals surface area (Å²) in [6.07, 6.45) is 2.08. The van der Waals surface area contributed by atoms with Crippen LogP contribution in [0.3, 0.4) is 0 Å². The zero-order valence-electron chi connectivity index (χ0n) is 10.3. The van der Waals surface area contributed by atoms with Crippen LogP contribution in [0.1, 0.15) is 16.8 Å². The second-order valence-corrected chi connectivity index (χ2v) is 4.56. The van der Waals surface area contributed by atoms with Crippen LogP contribution in [-0.4, -0.2) is 46.5 Å². The van der Waals surface area contributed by atoms with Gasteiger partial charge in [0.1, 0.15) is 0 Å². The van der Waals surface area contributed by atoms with Crippen molar-refractivity contribution in [2.24, 2.45) is 0 Å². The number of benzene rings is 1. The van der Waals surface area contributed by atoms with Gasteiger partial charge in [0.25, 0.3) is 5.91 Å². The number of H-pyrrole nitrogens is 1. The SMILES string of the molecule is O=C1CCN(C(=O)c2ccc3cn[nH]c3c2)CCN1. The molecule has 0 radical (unpaired) electrons. The van der Waals surface area contributed by atoms with Crippen molar-refractivity contribution < 1.29 is 9.59 Å². The number of hydrogen-bond donors (Lipinski definition) is 2. The summed E-state index contributed by atoms with van der Waals surface area (Å²) in [6.45, 7) is 1.52. The van der Waals surface area contributed by atoms with Gasteiger partial charge in [0.15, 0.2) is 0 Å². The minimum absolute atomic E-state index is 0.000630. The van der Waals surface area contributed by atoms with Gasteiger partial charge in [0.05, 0.1) is 11.7 Å². The Balaban J connectivity index is 1.83. The normalized spacial score (nSPS) is 16.2. The second kappa shape index (κ2) is 4.72. The van der Waals surface area contributed by atoms with Crippen molar-refractivity contribution in [3.8, 4) is 0 Å². The molecule has 98 valence electrons. The van der Waals surface area contributed by atoms with E-state index in [9.17, 15) is 9.59 Å². The van der Waals surface area contributed by atoms with Gasteiger partial charge >= 0.3 is 0 Å². The number of aromatic amines is 1. The van der Waals surface area contributed by atoms with Crippen molar-refractivity contribution in [2.45, 2.75) is 6.42 Å². The zero-order chi connectivity index (χ0) is 13.2. The summed E-state index contributed by atoms with van der Waals surface area (Å²) < 4.78 is 0. The van der Waals surface area contributed by atoms with Crippen molar-refractivity contribution in [3.05, 3.63) is 30.0 Å². The van der Waals surface area contributed by atoms with Gasteiger partial charge in [-0.05, 0) is 12.1 Å². The maximum Gasteiger partial charge on any atom is 0.254 e. The van der Waals surface area contributed by atoms with Crippen LogP contribution in [0.25, 0.3) is 10.9 Å². The van der Waals surface area contributed by atoms with Gasteiger partial charge in [-0.25, -0.2) is 0 Å². The first-order valence-electron chi connectivity index (χ1n) is 6.23. The van der Waals surface area contributed by atoms with Gasteiger partial charge < -0.3 is 10.2 Å². The lowest BCUT2D eigenvalue weighted by atomic mass is 10.1. The molecule has 19 heavy (non-hydrogen) atoms. The molecule has 2 N–H and O–H groups in total. The lowest BCUT2D eigenvalue weighted by Gasteiger charge is -2.19. The Labute approximate surface area is 109 Å². The number of carbonyl (C=O) groups excluding carboxylic acids is 2. The molecule has 0 aliphatic carbocycles. The fourth-order valence-corrected chi connectivity index (χ4v) is 2.22. The number of fused-ring (bicyclic) bond motifs is 1. The van der Waals surface area contributed by atoms with Gasteiger partial charge in [-0.15, -0.1) is 0 Å². The van der Waals surface area contributed by atoms with E-state index >= 15 is 0 Å². The Morgan fingerprint density at radius 3 is 3.11 bits per heavy atom. The Morgan fingerprint density at radius 2 is 2.21 bits per heavy atom. The molecule has 0 spiro atoms. The fourth-order valence-electron chi connectivity index (χ4n) is 2.22. The smallest absolute Gasteiger partial charge is 0.254 e. The second-order valence-electron chi connectivity index (χ2n) is 4.56. The number of carbonyl (C=O) groups is 2. The van der Waals surface area contributed by atoms with Crippen molar-refractivity contribution in [3.63, 3.8) is 0 Å². The van der Waals surface area contributed by atoms with Crippen molar-refractivity contribution in [1.82, 2.24) is 20.4 Å². The summed E-state index contributed by atoms with van der Waals surface area (Å²) in [7, 11) is 0. The molecule has 3 rings (SSSR count). The minimum atomic E-state index is -0.0481. The largest absolute Gasteiger partial charge is 0.354 e. The maximum atomic E-state index is 12.4. The lowest BCUT2D eigenvalue weighted by molar-refractivity contribution is -0.120. The topological polar surface area (TPSA) is 78.1 Å². The fraction of sp³-hybridized carbons (Fsp3) is 0.308. The first-order chi connectivity index (χ1) is 9.24. The highest BCUT2D eigenvalue weighted by molar-refractivity contribution is 5.98. The molecular weight excluding hydrogens is 244 g/mol. The molecule has 0 atom stereocenters. The van der Waals surface area contributed by atoms with Gasteiger partial charge in [0.2, 0.25) is 5.91 Å². The zero-order valence-corrected chi connectivity index (χ0v) is 10.3. The summed E-state index contributed by atoms with van der Waals surface area (Å²) in [5, 5.41) is 10.5. The number of nitrogens with one attached hydrogen (secondary N) is 2. The predicted molar refractivity (Wildman–Crippen MR) is 69.6 cm³/mol. The van der Waals surface area contributed by atoms with E-state index in [1.54, 1.807) is 23.2 Å². The molecule has 0 bridgehead atoms. The monoisotopic (exact) mass is 258 g/mol. The molecule has 0 unspecified atom stereocenters. The molecule has 2 heterocycles. The van der Waals surface area contributed by atoms with Crippen LogP contribution in [-0.2, 0) is 4.79 Å². The van der Waals surface area contributed by atoms with Crippen LogP contribution in [0.5, 0.6) is 0 Å². The Kier molecular flexibility index (Phi) is 2.91. The van der Waals surface area contributed by atoms with Crippen LogP contribution >= 0.6 is 0 Å². The Hall–Kier alpha value is -2.37. The highest BCUT2D eigenvalue weighted by Crippen LogP contribution is 2.15. The van der Waals surface area contributed by atoms with E-state index in [0.717, 1.165) is 10.9 Å². The first-order valence-corrected chi connectivity index (χ1v) is 6.23. The Morgan fingerprint density at radius 1 is 1.32 bits per heavy atom. The molecule has 1 fully saturated rings. The van der Waals surface area contributed by atoms with E-state index in [0.29, 0.717) is 31.6 Å². The molecule has 6 nitrogen and oxygen atoms in total. The Bertz CT molecular complexity index is 634. The average molecular weight is 258 g/mol. The summed E-state index contributed by atoms with van der Waals surface area (Å²) in [5.41, 5.74) is 1.46. The molecule has 0 saturated carbocycles. The van der Waals surface area contributed by atoms with Crippen LogP contribution in [0.2, 0.25) is 0 Å². The third kappa shape index (κ3) is 2.29. The summed E-state index contributed by atoms with van der Waals surface area (Å²) in [5.74, 6) is -0.0488. The van der Waals surface area contributed by atoms with Crippen LogP contribution < -0.4 is 5.32 Å². The quantitative estimate of drug-likeness (QED) is 0.783. The minimum Gasteiger partial charge on any atom is -0.354 e. The molecule has 2 aromatic rings. The van der Waals surface area contributed by atoms with E-state index in [1.165, 1.54) is 0 Å². The summed E-state index contributed by atoms with van der Waals surface area (Å²) in [4.78, 5) is 25.3. The van der Waals surface area contributed by atoms with Crippen molar-refractivity contribution >= 4 is 22.7 Å². The molecule has 1 aliphatic rings. The maximum absolute atomic E-state index is 12.4. The van der Waals surface area contributed by atoms with Crippen LogP contribution in [0.4, 0.5) is 0 Å². The molecule has 1 aromatic carbocycles. The number of rotatable bonds is 1. The molecule has 2 amide bonds. The van der Waals surface area contributed by atoms with Gasteiger partial charge in [-0.2, -0.15) is 5.10 Å². The summed E-state index contributed by atoms with van der Waals surface area (Å²) >= 11 is 0. The third-order valence-corrected chi connectivity index (χ3v) is 3.29. The van der Waals surface area contributed by atoms with E-state index < -0.39 is 0 Å². The molecule has 1 aliphatic heterocycles. The summed E-state index contributed by atoms with van der Waals surface area (Å²) in [6, 6.07) is 5.46. The van der Waals surface area contributed by atoms with Gasteiger partial charge in [0, 0.05) is 37.0 Å². The predicted octanol–water partition coefficient (Wildman–Crippen LogP) is 0.525. The van der Waals surface area contributed by atoms with Crippen molar-refractivity contribution in [1.29, 1.82) is 0 Å². The highest BCUT2D eigenvalue weighted by atomic mass is 16.2. The first kappa shape index (κ1) is 11.7. The van der Waals surface area contributed by atoms with Gasteiger partial charge in [-0.3, -0.25) is 14.7 Å². The van der Waals surface area contributed by atoms with E-state index in [4.69, 9.17) is 0 Å². The van der Waals surface area contributed by atoms with E-state index in [1.807, 2.05) is 6.07 Å². The van der Waals surface area contributed by atoms with Crippen LogP contribution in [0.15, 0.2) is 24.4 Å². The number of aromatic nitrogens is 2. The van der Waals surface area contributed by atoms with E-state index in [-0.39, 0.29) is 11.8 Å². The van der Waals surface area contributed by atoms with Gasteiger partial charge in [-0.1, -0.05) is 6.07 Å². The van der Waals surface area contributed by atoms with Crippen molar-refractivity contribution in [2.75, 3.05) is 19.6 Å². The van der Waals surface area contributed by atoms with Crippen LogP contribution in [0, 0.1) is 0 Å². The third-order valence-electron chi connectivity index (χ3n) is 3.29. The number of amides is 2. The standard InChI is InChI=1S/C13H14N4O2/c18-12-3-5-17(6-4-14-12)13(19)9-1-2-10-8-15-16-11(10)7-9/h1-2,7-8H,3-6H2,(H,14,18)(H,15,16).